The first-order chi connectivity index (χ1) is 16.1. The van der Waals surface area contributed by atoms with Crippen LogP contribution in [0.3, 0.4) is 0 Å². The number of amides is 1. The van der Waals surface area contributed by atoms with Gasteiger partial charge in [0.2, 0.25) is 5.78 Å². The molecule has 1 fully saturated rings. The summed E-state index contributed by atoms with van der Waals surface area (Å²) in [6.45, 7) is 4.30. The Balaban J connectivity index is 0.00000228. The van der Waals surface area contributed by atoms with E-state index in [1.165, 1.54) is 6.07 Å². The van der Waals surface area contributed by atoms with Gasteiger partial charge in [-0.2, -0.15) is 0 Å². The van der Waals surface area contributed by atoms with Crippen molar-refractivity contribution in [3.05, 3.63) is 45.7 Å². The van der Waals surface area contributed by atoms with E-state index in [1.807, 2.05) is 6.07 Å². The topological polar surface area (TPSA) is 158 Å². The molecule has 0 aromatic heterocycles. The maximum Gasteiger partial charge on any atom is 0.255 e. The Morgan fingerprint density at radius 2 is 1.85 bits per heavy atom. The third-order valence-electron chi connectivity index (χ3n) is 8.02. The predicted molar refractivity (Wildman–Crippen MR) is 128 cm³/mol. The number of aliphatic hydroxyl groups excluding tert-OH is 2. The minimum absolute atomic E-state index is 0. The summed E-state index contributed by atoms with van der Waals surface area (Å²) >= 11 is 0. The molecule has 1 saturated carbocycles. The number of phenols is 1. The van der Waals surface area contributed by atoms with E-state index in [-0.39, 0.29) is 32.6 Å². The van der Waals surface area contributed by atoms with E-state index in [1.54, 1.807) is 0 Å². The van der Waals surface area contributed by atoms with Crippen LogP contribution in [0.5, 0.6) is 5.75 Å². The van der Waals surface area contributed by atoms with Gasteiger partial charge in [0.15, 0.2) is 11.4 Å². The first-order valence-corrected chi connectivity index (χ1v) is 11.9. The van der Waals surface area contributed by atoms with Crippen molar-refractivity contribution in [3.8, 4) is 5.75 Å². The van der Waals surface area contributed by atoms with Gasteiger partial charge in [0, 0.05) is 20.8 Å². The quantitative estimate of drug-likeness (QED) is 0.397. The van der Waals surface area contributed by atoms with E-state index < -0.39 is 52.0 Å². The van der Waals surface area contributed by atoms with Crippen LogP contribution in [0.15, 0.2) is 29.0 Å². The summed E-state index contributed by atoms with van der Waals surface area (Å²) in [6.07, 6.45) is 4.00. The Morgan fingerprint density at radius 3 is 2.47 bits per heavy atom. The van der Waals surface area contributed by atoms with E-state index in [4.69, 9.17) is 5.73 Å². The number of carbonyl (C=O) groups excluding carboxylic acids is 3. The summed E-state index contributed by atoms with van der Waals surface area (Å²) in [5.41, 5.74) is 3.69. The molecule has 0 heterocycles. The molecule has 0 saturated heterocycles. The van der Waals surface area contributed by atoms with E-state index in [0.29, 0.717) is 12.3 Å². The van der Waals surface area contributed by atoms with Crippen molar-refractivity contribution in [3.63, 3.8) is 0 Å². The van der Waals surface area contributed by atoms with Gasteiger partial charge in [-0.3, -0.25) is 14.4 Å². The highest BCUT2D eigenvalue weighted by Crippen LogP contribution is 2.52. The van der Waals surface area contributed by atoms with Crippen molar-refractivity contribution in [1.29, 1.82) is 0 Å². The second-order valence-corrected chi connectivity index (χ2v) is 9.73. The van der Waals surface area contributed by atoms with E-state index in [0.717, 1.165) is 36.8 Å². The molecule has 3 aliphatic rings. The monoisotopic (exact) mass is 473 g/mol. The molecule has 8 nitrogen and oxygen atoms in total. The number of aryl methyl sites for hydroxylation is 1. The zero-order valence-corrected chi connectivity index (χ0v) is 19.4. The van der Waals surface area contributed by atoms with Crippen LogP contribution >= 0.6 is 0 Å². The zero-order valence-electron chi connectivity index (χ0n) is 19.4. The molecule has 2 unspecified atom stereocenters. The lowest BCUT2D eigenvalue weighted by molar-refractivity contribution is -0.147. The number of benzene rings is 1. The highest BCUT2D eigenvalue weighted by molar-refractivity contribution is 6.22. The third-order valence-corrected chi connectivity index (χ3v) is 8.02. The van der Waals surface area contributed by atoms with Gasteiger partial charge in [-0.25, -0.2) is 0 Å². The number of carbonyl (C=O) groups is 3. The van der Waals surface area contributed by atoms with Crippen molar-refractivity contribution >= 4 is 23.2 Å². The highest BCUT2D eigenvalue weighted by Gasteiger charge is 2.60. The van der Waals surface area contributed by atoms with Gasteiger partial charge < -0.3 is 26.2 Å². The predicted octanol–water partition coefficient (Wildman–Crippen LogP) is 3.28. The summed E-state index contributed by atoms with van der Waals surface area (Å²) in [4.78, 5) is 37.7. The number of hydrogen-bond donors (Lipinski definition) is 5. The number of nitrogens with two attached hydrogens (primary N) is 1. The Bertz CT molecular complexity index is 1160. The van der Waals surface area contributed by atoms with Crippen LogP contribution in [0.1, 0.15) is 65.5 Å². The molecule has 0 aliphatic heterocycles. The lowest BCUT2D eigenvalue weighted by atomic mass is 9.59. The van der Waals surface area contributed by atoms with Crippen molar-refractivity contribution < 1.29 is 37.7 Å². The number of ketones is 2. The molecule has 8 heteroatoms. The summed E-state index contributed by atoms with van der Waals surface area (Å²) in [5.74, 6) is -5.49. The fourth-order valence-corrected chi connectivity index (χ4v) is 5.98. The summed E-state index contributed by atoms with van der Waals surface area (Å²) in [6, 6.07) is 3.33. The first-order valence-electron chi connectivity index (χ1n) is 11.9. The SMILES string of the molecule is CCC(CC)CCc1ccc(O)c2c1CC1CC3CC(=O)C(C(N)=O)=C(O)[C@@]3(O)C(=O)C1=C2O.[HH].[HH]. The Morgan fingerprint density at radius 1 is 1.18 bits per heavy atom. The second kappa shape index (κ2) is 8.58. The Hall–Kier alpha value is -3.13. The average Bonchev–Trinajstić information content (AvgIpc) is 2.78. The van der Waals surface area contributed by atoms with Crippen LogP contribution in [0.2, 0.25) is 0 Å². The minimum Gasteiger partial charge on any atom is -0.508 e. The summed E-state index contributed by atoms with van der Waals surface area (Å²) < 4.78 is 0. The number of rotatable bonds is 6. The minimum atomic E-state index is -2.53. The Labute approximate surface area is 200 Å². The van der Waals surface area contributed by atoms with Crippen molar-refractivity contribution in [2.75, 3.05) is 0 Å². The summed E-state index contributed by atoms with van der Waals surface area (Å²) in [7, 11) is 0. The van der Waals surface area contributed by atoms with Crippen LogP contribution in [0, 0.1) is 17.8 Å². The number of fused-ring (bicyclic) bond motifs is 3. The fourth-order valence-electron chi connectivity index (χ4n) is 5.98. The van der Waals surface area contributed by atoms with E-state index in [9.17, 15) is 34.8 Å². The van der Waals surface area contributed by atoms with E-state index in [2.05, 4.69) is 13.8 Å². The normalized spacial score (nSPS) is 26.5. The molecular formula is C26H35NO7. The highest BCUT2D eigenvalue weighted by atomic mass is 16.3. The molecule has 1 aromatic rings. The van der Waals surface area contributed by atoms with Gasteiger partial charge in [-0.05, 0) is 54.7 Å². The number of primary amides is 1. The molecule has 1 amide bonds. The van der Waals surface area contributed by atoms with Crippen molar-refractivity contribution in [2.45, 2.75) is 64.4 Å². The molecule has 1 aromatic carbocycles. The van der Waals surface area contributed by atoms with Crippen LogP contribution in [0.25, 0.3) is 5.76 Å². The largest absolute Gasteiger partial charge is 0.508 e. The molecule has 4 rings (SSSR count). The molecule has 3 aliphatic carbocycles. The Kier molecular flexibility index (Phi) is 6.06. The van der Waals surface area contributed by atoms with Crippen LogP contribution in [0.4, 0.5) is 0 Å². The van der Waals surface area contributed by atoms with E-state index >= 15 is 0 Å². The fraction of sp³-hybridized carbons (Fsp3) is 0.500. The number of aliphatic hydroxyl groups is 3. The van der Waals surface area contributed by atoms with Crippen molar-refractivity contribution in [1.82, 2.24) is 0 Å². The lowest BCUT2D eigenvalue weighted by Gasteiger charge is -2.46. The summed E-state index contributed by atoms with van der Waals surface area (Å²) in [5, 5.41) is 43.6. The second-order valence-electron chi connectivity index (χ2n) is 9.73. The molecule has 0 bridgehead atoms. The smallest absolute Gasteiger partial charge is 0.255 e. The molecule has 186 valence electrons. The van der Waals surface area contributed by atoms with Gasteiger partial charge in [-0.15, -0.1) is 0 Å². The molecule has 0 spiro atoms. The number of Topliss-reactive ketones (excluding diaryl/α,β-unsaturated/α-hetero) is 2. The first kappa shape index (κ1) is 24.0. The van der Waals surface area contributed by atoms with Gasteiger partial charge >= 0.3 is 0 Å². The molecule has 0 radical (unpaired) electrons. The zero-order chi connectivity index (χ0) is 24.9. The van der Waals surface area contributed by atoms with Gasteiger partial charge in [-0.1, -0.05) is 32.8 Å². The van der Waals surface area contributed by atoms with Gasteiger partial charge in [0.1, 0.15) is 22.8 Å². The lowest BCUT2D eigenvalue weighted by Crippen LogP contribution is -2.58. The number of aromatic hydroxyl groups is 1. The number of hydrogen-bond acceptors (Lipinski definition) is 7. The van der Waals surface area contributed by atoms with Crippen LogP contribution in [-0.2, 0) is 27.2 Å². The number of phenolic OH excluding ortho intramolecular Hbond substituents is 1. The molecule has 6 N–H and O–H groups in total. The van der Waals surface area contributed by atoms with Gasteiger partial charge in [0.25, 0.3) is 5.91 Å². The molecule has 34 heavy (non-hydrogen) atoms. The molecule has 3 atom stereocenters. The van der Waals surface area contributed by atoms with Gasteiger partial charge in [0.05, 0.1) is 5.56 Å². The maximum absolute atomic E-state index is 13.5. The van der Waals surface area contributed by atoms with Crippen LogP contribution < -0.4 is 5.73 Å². The standard InChI is InChI=1S/C26H31NO7.2H2/c1-3-12(4-2)5-6-13-7-8-17(28)20-16(13)10-14-9-15-11-18(29)21(25(27)33)24(32)26(15,34)23(31)19(14)22(20)30;;/h7-8,12,14-15,28,30,32,34H,3-6,9-11H2,1-2H3,(H2,27,33);2*1H/t14?,15?,26-;;/m0../s1. The molecular weight excluding hydrogens is 438 g/mol. The average molecular weight is 474 g/mol. The van der Waals surface area contributed by atoms with Crippen molar-refractivity contribution in [2.24, 2.45) is 23.5 Å². The maximum atomic E-state index is 13.5. The third kappa shape index (κ3) is 3.43. The van der Waals surface area contributed by atoms with Crippen LogP contribution in [-0.4, -0.2) is 43.5 Å².